The summed E-state index contributed by atoms with van der Waals surface area (Å²) in [7, 11) is -3.51. The number of benzene rings is 1. The quantitative estimate of drug-likeness (QED) is 0.889. The van der Waals surface area contributed by atoms with E-state index in [1.54, 1.807) is 12.1 Å². The highest BCUT2D eigenvalue weighted by atomic mass is 32.2. The summed E-state index contributed by atoms with van der Waals surface area (Å²) in [6, 6.07) is 6.01. The molecule has 0 saturated carbocycles. The van der Waals surface area contributed by atoms with E-state index in [1.807, 2.05) is 12.1 Å². The molecule has 5 nitrogen and oxygen atoms in total. The van der Waals surface area contributed by atoms with Gasteiger partial charge >= 0.3 is 5.97 Å². The van der Waals surface area contributed by atoms with Gasteiger partial charge < -0.3 is 5.11 Å². The zero-order chi connectivity index (χ0) is 13.3. The van der Waals surface area contributed by atoms with Gasteiger partial charge in [-0.3, -0.25) is 4.79 Å². The number of hydrogen-bond acceptors (Lipinski definition) is 3. The number of aliphatic carboxylic acids is 1. The maximum Gasteiger partial charge on any atom is 0.326 e. The van der Waals surface area contributed by atoms with Crippen molar-refractivity contribution in [1.82, 2.24) is 4.31 Å². The summed E-state index contributed by atoms with van der Waals surface area (Å²) in [5, 5.41) is 9.31. The Bertz CT molecular complexity index is 567. The molecule has 1 aliphatic heterocycles. The van der Waals surface area contributed by atoms with Crippen LogP contribution in [0.2, 0.25) is 0 Å². The van der Waals surface area contributed by atoms with Gasteiger partial charge in [0.1, 0.15) is 6.04 Å². The SMILES string of the molecule is CCS(=O)(=O)N1CCc2ccccc2C1C(=O)O. The number of fused-ring (bicyclic) bond motifs is 1. The van der Waals surface area contributed by atoms with Crippen molar-refractivity contribution in [2.24, 2.45) is 0 Å². The van der Waals surface area contributed by atoms with Crippen molar-refractivity contribution >= 4 is 16.0 Å². The summed E-state index contributed by atoms with van der Waals surface area (Å²) in [4.78, 5) is 11.4. The molecule has 0 spiro atoms. The Hall–Kier alpha value is -1.40. The molecular formula is C12H15NO4S. The number of rotatable bonds is 3. The van der Waals surface area contributed by atoms with E-state index in [0.29, 0.717) is 12.0 Å². The predicted molar refractivity (Wildman–Crippen MR) is 66.7 cm³/mol. The van der Waals surface area contributed by atoms with Crippen molar-refractivity contribution in [1.29, 1.82) is 0 Å². The Morgan fingerprint density at radius 1 is 1.44 bits per heavy atom. The van der Waals surface area contributed by atoms with Gasteiger partial charge in [-0.2, -0.15) is 4.31 Å². The fourth-order valence-corrected chi connectivity index (χ4v) is 3.49. The summed E-state index contributed by atoms with van der Waals surface area (Å²) in [5.74, 6) is -1.21. The number of sulfonamides is 1. The van der Waals surface area contributed by atoms with Crippen molar-refractivity contribution < 1.29 is 18.3 Å². The van der Waals surface area contributed by atoms with Crippen LogP contribution in [0.4, 0.5) is 0 Å². The number of hydrogen-bond donors (Lipinski definition) is 1. The lowest BCUT2D eigenvalue weighted by molar-refractivity contribution is -0.142. The molecule has 1 unspecified atom stereocenters. The first-order valence-electron chi connectivity index (χ1n) is 5.77. The molecule has 0 radical (unpaired) electrons. The maximum absolute atomic E-state index is 11.9. The highest BCUT2D eigenvalue weighted by molar-refractivity contribution is 7.89. The normalized spacial score (nSPS) is 20.4. The molecule has 0 aromatic heterocycles. The van der Waals surface area contributed by atoms with E-state index in [-0.39, 0.29) is 12.3 Å². The number of nitrogens with zero attached hydrogens (tertiary/aromatic N) is 1. The second-order valence-corrected chi connectivity index (χ2v) is 6.41. The predicted octanol–water partition coefficient (Wildman–Crippen LogP) is 1.02. The monoisotopic (exact) mass is 269 g/mol. The minimum absolute atomic E-state index is 0.0844. The van der Waals surface area contributed by atoms with Gasteiger partial charge in [0.05, 0.1) is 5.75 Å². The lowest BCUT2D eigenvalue weighted by Gasteiger charge is -2.33. The molecule has 2 rings (SSSR count). The third kappa shape index (κ3) is 2.13. The third-order valence-corrected chi connectivity index (χ3v) is 5.03. The lowest BCUT2D eigenvalue weighted by Crippen LogP contribution is -2.44. The van der Waals surface area contributed by atoms with Crippen molar-refractivity contribution in [2.45, 2.75) is 19.4 Å². The van der Waals surface area contributed by atoms with Crippen LogP contribution in [0, 0.1) is 0 Å². The zero-order valence-electron chi connectivity index (χ0n) is 10.0. The molecule has 1 aromatic carbocycles. The average molecular weight is 269 g/mol. The van der Waals surface area contributed by atoms with Crippen molar-refractivity contribution in [2.75, 3.05) is 12.3 Å². The van der Waals surface area contributed by atoms with E-state index in [2.05, 4.69) is 0 Å². The Kier molecular flexibility index (Phi) is 3.41. The lowest BCUT2D eigenvalue weighted by atomic mass is 9.94. The highest BCUT2D eigenvalue weighted by Gasteiger charge is 2.38. The molecule has 0 amide bonds. The van der Waals surface area contributed by atoms with Crippen LogP contribution in [0.15, 0.2) is 24.3 Å². The molecule has 0 aliphatic carbocycles. The van der Waals surface area contributed by atoms with E-state index >= 15 is 0 Å². The van der Waals surface area contributed by atoms with Crippen LogP contribution in [0.1, 0.15) is 24.1 Å². The topological polar surface area (TPSA) is 74.7 Å². The summed E-state index contributed by atoms with van der Waals surface area (Å²) >= 11 is 0. The smallest absolute Gasteiger partial charge is 0.326 e. The van der Waals surface area contributed by atoms with Gasteiger partial charge in [-0.15, -0.1) is 0 Å². The molecule has 0 bridgehead atoms. The minimum Gasteiger partial charge on any atom is -0.480 e. The van der Waals surface area contributed by atoms with Gasteiger partial charge in [-0.05, 0) is 24.5 Å². The first-order chi connectivity index (χ1) is 8.47. The number of carboxylic acids is 1. The van der Waals surface area contributed by atoms with Crippen molar-refractivity contribution in [3.63, 3.8) is 0 Å². The number of carbonyl (C=O) groups is 1. The molecule has 0 fully saturated rings. The fourth-order valence-electron chi connectivity index (χ4n) is 2.27. The molecule has 98 valence electrons. The first kappa shape index (κ1) is 13.0. The van der Waals surface area contributed by atoms with E-state index in [1.165, 1.54) is 6.92 Å². The summed E-state index contributed by atoms with van der Waals surface area (Å²) in [5.41, 5.74) is 1.49. The first-order valence-corrected chi connectivity index (χ1v) is 7.38. The van der Waals surface area contributed by atoms with Crippen LogP contribution in [0.5, 0.6) is 0 Å². The molecule has 1 N–H and O–H groups in total. The zero-order valence-corrected chi connectivity index (χ0v) is 10.9. The Balaban J connectivity index is 2.52. The Morgan fingerprint density at radius 3 is 2.72 bits per heavy atom. The average Bonchev–Trinajstić information content (AvgIpc) is 2.37. The molecule has 6 heteroatoms. The van der Waals surface area contributed by atoms with Crippen LogP contribution in [-0.4, -0.2) is 36.1 Å². The molecule has 1 aliphatic rings. The van der Waals surface area contributed by atoms with Crippen LogP contribution >= 0.6 is 0 Å². The molecule has 1 heterocycles. The Morgan fingerprint density at radius 2 is 2.11 bits per heavy atom. The molecular weight excluding hydrogens is 254 g/mol. The molecule has 1 atom stereocenters. The molecule has 18 heavy (non-hydrogen) atoms. The highest BCUT2D eigenvalue weighted by Crippen LogP contribution is 2.32. The molecule has 0 saturated heterocycles. The third-order valence-electron chi connectivity index (χ3n) is 3.20. The van der Waals surface area contributed by atoms with Crippen molar-refractivity contribution in [3.05, 3.63) is 35.4 Å². The minimum atomic E-state index is -3.51. The van der Waals surface area contributed by atoms with Gasteiger partial charge in [0.2, 0.25) is 10.0 Å². The Labute approximate surface area is 106 Å². The van der Waals surface area contributed by atoms with E-state index in [9.17, 15) is 18.3 Å². The largest absolute Gasteiger partial charge is 0.480 e. The summed E-state index contributed by atoms with van der Waals surface area (Å²) in [6.07, 6.45) is 0.555. The van der Waals surface area contributed by atoms with E-state index < -0.39 is 22.0 Å². The summed E-state index contributed by atoms with van der Waals surface area (Å²) in [6.45, 7) is 1.75. The standard InChI is InChI=1S/C12H15NO4S/c1-2-18(16,17)13-8-7-9-5-3-4-6-10(9)11(13)12(14)15/h3-6,11H,2,7-8H2,1H3,(H,14,15). The maximum atomic E-state index is 11.9. The fraction of sp³-hybridized carbons (Fsp3) is 0.417. The van der Waals surface area contributed by atoms with Crippen molar-refractivity contribution in [3.8, 4) is 0 Å². The van der Waals surface area contributed by atoms with E-state index in [0.717, 1.165) is 9.87 Å². The molecule has 1 aromatic rings. The van der Waals surface area contributed by atoms with Gasteiger partial charge in [-0.1, -0.05) is 24.3 Å². The second-order valence-electron chi connectivity index (χ2n) is 4.20. The van der Waals surface area contributed by atoms with Gasteiger partial charge in [0.15, 0.2) is 0 Å². The van der Waals surface area contributed by atoms with Crippen LogP contribution in [0.25, 0.3) is 0 Å². The van der Waals surface area contributed by atoms with Gasteiger partial charge in [-0.25, -0.2) is 8.42 Å². The number of carboxylic acid groups (broad SMARTS) is 1. The van der Waals surface area contributed by atoms with Gasteiger partial charge in [0, 0.05) is 6.54 Å². The summed E-state index contributed by atoms with van der Waals surface area (Å²) < 4.78 is 25.0. The van der Waals surface area contributed by atoms with Crippen LogP contribution in [-0.2, 0) is 21.2 Å². The van der Waals surface area contributed by atoms with Gasteiger partial charge in [0.25, 0.3) is 0 Å². The van der Waals surface area contributed by atoms with E-state index in [4.69, 9.17) is 0 Å². The van der Waals surface area contributed by atoms with Crippen LogP contribution < -0.4 is 0 Å². The second kappa shape index (κ2) is 4.70. The van der Waals surface area contributed by atoms with Crippen LogP contribution in [0.3, 0.4) is 0 Å².